The number of hydrogen-bond donors (Lipinski definition) is 2. The van der Waals surface area contributed by atoms with Crippen LogP contribution in [0.5, 0.6) is 0 Å². The van der Waals surface area contributed by atoms with Gasteiger partial charge in [-0.1, -0.05) is 20.4 Å². The van der Waals surface area contributed by atoms with Gasteiger partial charge in [0, 0.05) is 0 Å². The van der Waals surface area contributed by atoms with Crippen molar-refractivity contribution in [2.75, 3.05) is 5.75 Å². The SMILES string of the molecule is C=C1NC1=O.CC(C)CS(=O)(=O)O.[H-].[Na+]. The molecule has 78 valence electrons. The zero-order chi connectivity index (χ0) is 10.6. The Labute approximate surface area is 107 Å². The van der Waals surface area contributed by atoms with Crippen LogP contribution in [0.4, 0.5) is 0 Å². The number of carbonyl (C=O) groups excluding carboxylic acids is 1. The fourth-order valence-electron chi connectivity index (χ4n) is 0.527. The third-order valence-corrected chi connectivity index (χ3v) is 2.11. The predicted molar refractivity (Wildman–Crippen MR) is 49.6 cm³/mol. The molecule has 1 aliphatic rings. The molecule has 1 saturated heterocycles. The van der Waals surface area contributed by atoms with Gasteiger partial charge in [0.2, 0.25) is 0 Å². The number of rotatable bonds is 2. The van der Waals surface area contributed by atoms with Gasteiger partial charge >= 0.3 is 29.6 Å². The van der Waals surface area contributed by atoms with Crippen LogP contribution in [0, 0.1) is 5.92 Å². The van der Waals surface area contributed by atoms with Crippen LogP contribution in [0.2, 0.25) is 0 Å². The van der Waals surface area contributed by atoms with Crippen LogP contribution in [0.3, 0.4) is 0 Å². The summed E-state index contributed by atoms with van der Waals surface area (Å²) in [5.74, 6) is -0.164. The zero-order valence-electron chi connectivity index (χ0n) is 9.57. The van der Waals surface area contributed by atoms with Crippen molar-refractivity contribution in [1.82, 2.24) is 5.32 Å². The van der Waals surface area contributed by atoms with Gasteiger partial charge in [0.1, 0.15) is 0 Å². The van der Waals surface area contributed by atoms with E-state index in [-0.39, 0.29) is 48.6 Å². The van der Waals surface area contributed by atoms with Crippen molar-refractivity contribution in [3.8, 4) is 0 Å². The molecule has 0 aromatic rings. The average Bonchev–Trinajstić information content (AvgIpc) is 2.38. The Morgan fingerprint density at radius 1 is 1.57 bits per heavy atom. The van der Waals surface area contributed by atoms with Gasteiger partial charge in [-0.3, -0.25) is 9.35 Å². The normalized spacial score (nSPS) is 13.7. The Balaban J connectivity index is -0.000000180. The summed E-state index contributed by atoms with van der Waals surface area (Å²) in [6.45, 7) is 6.75. The van der Waals surface area contributed by atoms with Crippen molar-refractivity contribution in [2.24, 2.45) is 5.92 Å². The predicted octanol–water partition coefficient (Wildman–Crippen LogP) is -2.72. The van der Waals surface area contributed by atoms with Gasteiger partial charge < -0.3 is 6.74 Å². The van der Waals surface area contributed by atoms with E-state index in [2.05, 4.69) is 11.9 Å². The Morgan fingerprint density at radius 3 is 1.86 bits per heavy atom. The van der Waals surface area contributed by atoms with Gasteiger partial charge in [0.25, 0.3) is 16.0 Å². The van der Waals surface area contributed by atoms with Crippen molar-refractivity contribution in [2.45, 2.75) is 13.8 Å². The van der Waals surface area contributed by atoms with E-state index in [9.17, 15) is 13.2 Å². The molecule has 0 aromatic heterocycles. The molecular weight excluding hydrogens is 217 g/mol. The summed E-state index contributed by atoms with van der Waals surface area (Å²) in [6, 6.07) is 0. The third-order valence-electron chi connectivity index (χ3n) is 1.02. The topological polar surface area (TPSA) is 93.4 Å². The van der Waals surface area contributed by atoms with Crippen LogP contribution in [-0.2, 0) is 14.9 Å². The molecule has 2 N–H and O–H groups in total. The number of carbonyl (C=O) groups is 1. The molecular formula is C7H14NNaO4S. The van der Waals surface area contributed by atoms with Gasteiger partial charge in [0.05, 0.1) is 11.4 Å². The molecule has 0 aliphatic carbocycles. The van der Waals surface area contributed by atoms with Crippen molar-refractivity contribution < 1.29 is 48.7 Å². The Hall–Kier alpha value is 0.120. The third kappa shape index (κ3) is 12.1. The van der Waals surface area contributed by atoms with Gasteiger partial charge in [-0.2, -0.15) is 8.42 Å². The summed E-state index contributed by atoms with van der Waals surface area (Å²) in [6.07, 6.45) is 0. The van der Waals surface area contributed by atoms with E-state index in [0.29, 0.717) is 5.70 Å². The molecule has 1 fully saturated rings. The van der Waals surface area contributed by atoms with Crippen molar-refractivity contribution in [3.05, 3.63) is 12.3 Å². The molecule has 0 aromatic carbocycles. The van der Waals surface area contributed by atoms with Gasteiger partial charge in [-0.15, -0.1) is 0 Å². The standard InChI is InChI=1S/C4H10O3S.C3H3NO.Na.H/c1-4(2)3-8(5,6)7;1-2-3(5)4-2;;/h4H,3H2,1-2H3,(H,5,6,7);1H2,(H,4,5);;/q;;+1;-1. The average molecular weight is 231 g/mol. The van der Waals surface area contributed by atoms with E-state index < -0.39 is 10.1 Å². The van der Waals surface area contributed by atoms with E-state index in [0.717, 1.165) is 0 Å². The van der Waals surface area contributed by atoms with Gasteiger partial charge in [0.15, 0.2) is 0 Å². The van der Waals surface area contributed by atoms with Crippen molar-refractivity contribution in [3.63, 3.8) is 0 Å². The molecule has 7 heteroatoms. The Kier molecular flexibility index (Phi) is 7.77. The summed E-state index contributed by atoms with van der Waals surface area (Å²) >= 11 is 0. The monoisotopic (exact) mass is 231 g/mol. The first-order valence-electron chi connectivity index (χ1n) is 3.68. The molecule has 0 unspecified atom stereocenters. The van der Waals surface area contributed by atoms with Crippen LogP contribution < -0.4 is 34.9 Å². The molecule has 0 saturated carbocycles. The molecule has 1 heterocycles. The molecule has 0 spiro atoms. The van der Waals surface area contributed by atoms with Crippen LogP contribution >= 0.6 is 0 Å². The first kappa shape index (κ1) is 16.5. The molecule has 0 radical (unpaired) electrons. The summed E-state index contributed by atoms with van der Waals surface area (Å²) in [4.78, 5) is 9.68. The number of nitrogens with one attached hydrogen (secondary N) is 1. The summed E-state index contributed by atoms with van der Waals surface area (Å²) in [5.41, 5.74) is 0.532. The van der Waals surface area contributed by atoms with Crippen molar-refractivity contribution in [1.29, 1.82) is 0 Å². The van der Waals surface area contributed by atoms with E-state index in [4.69, 9.17) is 4.55 Å². The minimum atomic E-state index is -3.72. The van der Waals surface area contributed by atoms with E-state index in [1.807, 2.05) is 0 Å². The Bertz CT molecular complexity index is 303. The second-order valence-electron chi connectivity index (χ2n) is 3.08. The maximum absolute atomic E-state index is 10.00. The fraction of sp³-hybridized carbons (Fsp3) is 0.571. The van der Waals surface area contributed by atoms with Crippen LogP contribution in [0.15, 0.2) is 12.3 Å². The van der Waals surface area contributed by atoms with Crippen LogP contribution in [0.25, 0.3) is 0 Å². The molecule has 0 atom stereocenters. The maximum atomic E-state index is 10.00. The maximum Gasteiger partial charge on any atom is 1.00 e. The molecule has 1 aliphatic heterocycles. The summed E-state index contributed by atoms with van der Waals surface area (Å²) in [7, 11) is -3.72. The van der Waals surface area contributed by atoms with E-state index in [1.54, 1.807) is 13.8 Å². The summed E-state index contributed by atoms with van der Waals surface area (Å²) in [5, 5.41) is 2.36. The van der Waals surface area contributed by atoms with Crippen LogP contribution in [0.1, 0.15) is 15.3 Å². The molecule has 1 amide bonds. The van der Waals surface area contributed by atoms with Gasteiger partial charge in [-0.05, 0) is 5.92 Å². The minimum absolute atomic E-state index is 0. The zero-order valence-corrected chi connectivity index (χ0v) is 11.4. The first-order chi connectivity index (χ1) is 5.72. The largest absolute Gasteiger partial charge is 1.00 e. The number of amides is 1. The minimum Gasteiger partial charge on any atom is -1.00 e. The van der Waals surface area contributed by atoms with E-state index >= 15 is 0 Å². The second kappa shape index (κ2) is 6.58. The fourth-order valence-corrected chi connectivity index (χ4v) is 1.37. The molecule has 1 rings (SSSR count). The second-order valence-corrected chi connectivity index (χ2v) is 4.57. The molecule has 0 bridgehead atoms. The number of hydrogen-bond acceptors (Lipinski definition) is 3. The van der Waals surface area contributed by atoms with Crippen LogP contribution in [-0.4, -0.2) is 24.6 Å². The smallest absolute Gasteiger partial charge is 1.00 e. The van der Waals surface area contributed by atoms with Crippen molar-refractivity contribution >= 4 is 16.0 Å². The quantitative estimate of drug-likeness (QED) is 0.234. The van der Waals surface area contributed by atoms with E-state index in [1.165, 1.54) is 0 Å². The first-order valence-corrected chi connectivity index (χ1v) is 5.28. The van der Waals surface area contributed by atoms with Gasteiger partial charge in [-0.25, -0.2) is 0 Å². The molecule has 5 nitrogen and oxygen atoms in total. The Morgan fingerprint density at radius 2 is 1.86 bits per heavy atom. The molecule has 14 heavy (non-hydrogen) atoms. The summed E-state index contributed by atoms with van der Waals surface area (Å²) < 4.78 is 28.2.